The maximum Gasteiger partial charge on any atom is 0.397 e. The zero-order chi connectivity index (χ0) is 37.6. The summed E-state index contributed by atoms with van der Waals surface area (Å²) in [6.07, 6.45) is 23.9. The largest absolute Gasteiger partial charge is 0.457 e. The van der Waals surface area contributed by atoms with Crippen LogP contribution in [0.15, 0.2) is 12.2 Å². The molecule has 1 aliphatic heterocycles. The van der Waals surface area contributed by atoms with Crippen LogP contribution in [-0.2, 0) is 38.3 Å². The average Bonchev–Trinajstić information content (AvgIpc) is 3.10. The van der Waals surface area contributed by atoms with Crippen LogP contribution in [0.5, 0.6) is 0 Å². The fraction of sp³-hybridized carbons (Fsp3) is 0.921. The molecular weight excluding hydrogens is 680 g/mol. The lowest BCUT2D eigenvalue weighted by Gasteiger charge is -2.41. The molecule has 6 atom stereocenters. The molecule has 1 heterocycles. The third-order valence-electron chi connectivity index (χ3n) is 9.19. The van der Waals surface area contributed by atoms with E-state index in [0.717, 1.165) is 19.3 Å². The van der Waals surface area contributed by atoms with Gasteiger partial charge in [-0.2, -0.15) is 8.42 Å². The standard InChI is InChI=1S/C38H72O12S/c1-3-5-6-7-8-9-10-11-12-13-14-15-16-17-18-19-20-21-22-23-24-25-26-27-28-46-30-32(48-34(40)4-2)31-47-38-36(42)37(50-51(43,44)45)35(41)33(29-39)49-38/h13-14,32-33,35-39,41-42H,3-12,15-31H2,1-2H3,(H,43,44,45)/b14-13-. The molecule has 4 N–H and O–H groups in total. The lowest BCUT2D eigenvalue weighted by Crippen LogP contribution is -2.60. The predicted molar refractivity (Wildman–Crippen MR) is 198 cm³/mol. The molecule has 0 spiro atoms. The van der Waals surface area contributed by atoms with E-state index in [-0.39, 0.29) is 19.6 Å². The van der Waals surface area contributed by atoms with Crippen LogP contribution >= 0.6 is 0 Å². The van der Waals surface area contributed by atoms with Gasteiger partial charge in [-0.1, -0.05) is 135 Å². The molecule has 302 valence electrons. The number of carbonyl (C=O) groups excluding carboxylic acids is 1. The maximum atomic E-state index is 11.9. The summed E-state index contributed by atoms with van der Waals surface area (Å²) in [6, 6.07) is 0. The van der Waals surface area contributed by atoms with Crippen LogP contribution in [0.2, 0.25) is 0 Å². The number of carbonyl (C=O) groups is 1. The van der Waals surface area contributed by atoms with E-state index in [1.165, 1.54) is 122 Å². The summed E-state index contributed by atoms with van der Waals surface area (Å²) in [5.74, 6) is -0.485. The minimum atomic E-state index is -5.04. The van der Waals surface area contributed by atoms with Crippen molar-refractivity contribution < 1.29 is 56.2 Å². The summed E-state index contributed by atoms with van der Waals surface area (Å²) in [5, 5.41) is 30.1. The molecule has 0 aliphatic carbocycles. The van der Waals surface area contributed by atoms with Crippen molar-refractivity contribution in [1.29, 1.82) is 0 Å². The smallest absolute Gasteiger partial charge is 0.397 e. The highest BCUT2D eigenvalue weighted by Gasteiger charge is 2.48. The Morgan fingerprint density at radius 1 is 0.725 bits per heavy atom. The molecule has 0 aromatic rings. The van der Waals surface area contributed by atoms with E-state index in [1.807, 2.05) is 0 Å². The second-order valence-corrected chi connectivity index (χ2v) is 14.9. The molecule has 51 heavy (non-hydrogen) atoms. The van der Waals surface area contributed by atoms with Crippen molar-refractivity contribution in [2.24, 2.45) is 0 Å². The van der Waals surface area contributed by atoms with Gasteiger partial charge in [0.25, 0.3) is 0 Å². The van der Waals surface area contributed by atoms with Gasteiger partial charge in [0, 0.05) is 13.0 Å². The van der Waals surface area contributed by atoms with Crippen molar-refractivity contribution in [2.75, 3.05) is 26.4 Å². The third kappa shape index (κ3) is 25.5. The minimum absolute atomic E-state index is 0.0294. The van der Waals surface area contributed by atoms with E-state index in [1.54, 1.807) is 6.92 Å². The molecule has 6 unspecified atom stereocenters. The van der Waals surface area contributed by atoms with Gasteiger partial charge in [0.15, 0.2) is 6.29 Å². The van der Waals surface area contributed by atoms with Crippen molar-refractivity contribution in [3.63, 3.8) is 0 Å². The van der Waals surface area contributed by atoms with Gasteiger partial charge in [-0.25, -0.2) is 4.18 Å². The van der Waals surface area contributed by atoms with Gasteiger partial charge in [0.2, 0.25) is 0 Å². The number of unbranched alkanes of at least 4 members (excludes halogenated alkanes) is 20. The Balaban J connectivity index is 2.07. The number of allylic oxidation sites excluding steroid dienone is 2. The summed E-state index contributed by atoms with van der Waals surface area (Å²) in [6.45, 7) is 3.39. The Morgan fingerprint density at radius 2 is 1.22 bits per heavy atom. The molecule has 1 fully saturated rings. The molecule has 0 aromatic heterocycles. The van der Waals surface area contributed by atoms with Crippen LogP contribution in [0.25, 0.3) is 0 Å². The Hall–Kier alpha value is -1.16. The van der Waals surface area contributed by atoms with Gasteiger partial charge < -0.3 is 34.3 Å². The van der Waals surface area contributed by atoms with Crippen LogP contribution in [0.3, 0.4) is 0 Å². The lowest BCUT2D eigenvalue weighted by atomic mass is 9.99. The molecule has 1 saturated heterocycles. The van der Waals surface area contributed by atoms with E-state index in [9.17, 15) is 28.5 Å². The van der Waals surface area contributed by atoms with Crippen LogP contribution in [0.4, 0.5) is 0 Å². The SMILES string of the molecule is CCCCCCCCCC/C=C\CCCCCCCCCCCCCCOCC(COC1OC(CO)C(O)C(OS(=O)(=O)O)C1O)OC(=O)CC. The normalized spacial score (nSPS) is 21.7. The molecule has 1 rings (SSSR count). The Labute approximate surface area is 308 Å². The Morgan fingerprint density at radius 3 is 1.69 bits per heavy atom. The number of hydrogen-bond donors (Lipinski definition) is 4. The van der Waals surface area contributed by atoms with E-state index in [2.05, 4.69) is 23.3 Å². The van der Waals surface area contributed by atoms with Crippen molar-refractivity contribution in [1.82, 2.24) is 0 Å². The van der Waals surface area contributed by atoms with Crippen LogP contribution < -0.4 is 0 Å². The fourth-order valence-electron chi connectivity index (χ4n) is 6.11. The fourth-order valence-corrected chi connectivity index (χ4v) is 6.62. The first-order chi connectivity index (χ1) is 24.6. The summed E-state index contributed by atoms with van der Waals surface area (Å²) in [5.41, 5.74) is 0. The number of esters is 1. The first kappa shape index (κ1) is 47.9. The second kappa shape index (κ2) is 31.2. The molecule has 0 bridgehead atoms. The van der Waals surface area contributed by atoms with Gasteiger partial charge in [-0.05, 0) is 32.1 Å². The summed E-state index contributed by atoms with van der Waals surface area (Å²) in [7, 11) is -5.04. The molecule has 12 nitrogen and oxygen atoms in total. The van der Waals surface area contributed by atoms with E-state index in [4.69, 9.17) is 23.5 Å². The number of aliphatic hydroxyl groups is 3. The van der Waals surface area contributed by atoms with Gasteiger partial charge in [-0.3, -0.25) is 9.35 Å². The number of rotatable bonds is 34. The highest BCUT2D eigenvalue weighted by atomic mass is 32.3. The molecule has 0 radical (unpaired) electrons. The molecular formula is C38H72O12S. The Kier molecular flexibility index (Phi) is 29.3. The zero-order valence-corrected chi connectivity index (χ0v) is 32.5. The highest BCUT2D eigenvalue weighted by Crippen LogP contribution is 2.26. The molecule has 13 heteroatoms. The molecule has 0 aromatic carbocycles. The number of ether oxygens (including phenoxy) is 4. The van der Waals surface area contributed by atoms with Gasteiger partial charge in [0.05, 0.1) is 19.8 Å². The Bertz CT molecular complexity index is 963. The van der Waals surface area contributed by atoms with Crippen LogP contribution in [0.1, 0.15) is 162 Å². The molecule has 1 aliphatic rings. The van der Waals surface area contributed by atoms with Crippen molar-refractivity contribution >= 4 is 16.4 Å². The number of aliphatic hydroxyl groups excluding tert-OH is 3. The van der Waals surface area contributed by atoms with Crippen molar-refractivity contribution in [3.8, 4) is 0 Å². The zero-order valence-electron chi connectivity index (χ0n) is 31.7. The predicted octanol–water partition coefficient (Wildman–Crippen LogP) is 7.13. The summed E-state index contributed by atoms with van der Waals surface area (Å²) >= 11 is 0. The quantitative estimate of drug-likeness (QED) is 0.0227. The minimum Gasteiger partial charge on any atom is -0.457 e. The van der Waals surface area contributed by atoms with Crippen molar-refractivity contribution in [2.45, 2.75) is 198 Å². The maximum absolute atomic E-state index is 11.9. The lowest BCUT2D eigenvalue weighted by molar-refractivity contribution is -0.301. The molecule has 0 amide bonds. The first-order valence-corrected chi connectivity index (χ1v) is 21.3. The van der Waals surface area contributed by atoms with Crippen molar-refractivity contribution in [3.05, 3.63) is 12.2 Å². The van der Waals surface area contributed by atoms with E-state index < -0.39 is 59.8 Å². The van der Waals surface area contributed by atoms with Gasteiger partial charge in [0.1, 0.15) is 30.5 Å². The average molecular weight is 753 g/mol. The van der Waals surface area contributed by atoms with Crippen LogP contribution in [0, 0.1) is 0 Å². The van der Waals surface area contributed by atoms with Gasteiger partial charge in [-0.15, -0.1) is 0 Å². The van der Waals surface area contributed by atoms with Crippen LogP contribution in [-0.4, -0.2) is 97.5 Å². The summed E-state index contributed by atoms with van der Waals surface area (Å²) in [4.78, 5) is 11.9. The van der Waals surface area contributed by atoms with Gasteiger partial charge >= 0.3 is 16.4 Å². The number of hydrogen-bond acceptors (Lipinski definition) is 11. The van der Waals surface area contributed by atoms with E-state index in [0.29, 0.717) is 6.61 Å². The summed E-state index contributed by atoms with van der Waals surface area (Å²) < 4.78 is 57.7. The second-order valence-electron chi connectivity index (χ2n) is 13.8. The highest BCUT2D eigenvalue weighted by molar-refractivity contribution is 7.80. The van der Waals surface area contributed by atoms with E-state index >= 15 is 0 Å². The monoisotopic (exact) mass is 752 g/mol. The topological polar surface area (TPSA) is 178 Å². The first-order valence-electron chi connectivity index (χ1n) is 19.9. The third-order valence-corrected chi connectivity index (χ3v) is 9.66. The molecule has 0 saturated carbocycles.